The minimum atomic E-state index is -0.677. The number of allylic oxidation sites excluding steroid dienone is 1. The van der Waals surface area contributed by atoms with Crippen molar-refractivity contribution >= 4 is 11.9 Å². The van der Waals surface area contributed by atoms with Crippen LogP contribution in [0.4, 0.5) is 0 Å². The van der Waals surface area contributed by atoms with Gasteiger partial charge < -0.3 is 4.74 Å². The van der Waals surface area contributed by atoms with Crippen LogP contribution in [-0.2, 0) is 4.79 Å². The summed E-state index contributed by atoms with van der Waals surface area (Å²) in [6.45, 7) is 1.82. The number of methoxy groups -OCH3 is 1. The van der Waals surface area contributed by atoms with E-state index in [9.17, 15) is 4.79 Å². The van der Waals surface area contributed by atoms with E-state index in [2.05, 4.69) is 12.1 Å². The fraction of sp³-hybridized carbons (Fsp3) is 0.389. The Morgan fingerprint density at radius 3 is 2.36 bits per heavy atom. The summed E-state index contributed by atoms with van der Waals surface area (Å²) in [6.07, 6.45) is 4.76. The number of ether oxygens (including phenoxy) is 1. The Balaban J connectivity index is 2.93. The van der Waals surface area contributed by atoms with Crippen LogP contribution in [0.15, 0.2) is 30.3 Å². The monoisotopic (exact) mass is 296 g/mol. The molecular formula is C18H20N2O2. The number of carbonyl (C=O) groups excluding carboxylic acids is 1. The van der Waals surface area contributed by atoms with Crippen molar-refractivity contribution in [3.8, 4) is 17.9 Å². The van der Waals surface area contributed by atoms with Crippen molar-refractivity contribution < 1.29 is 9.53 Å². The number of ketones is 1. The maximum absolute atomic E-state index is 12.5. The highest BCUT2D eigenvalue weighted by molar-refractivity contribution is 5.98. The fourth-order valence-corrected chi connectivity index (χ4v) is 2.21. The Kier molecular flexibility index (Phi) is 6.86. The molecule has 4 nitrogen and oxygen atoms in total. The van der Waals surface area contributed by atoms with Crippen LogP contribution in [0.3, 0.4) is 0 Å². The van der Waals surface area contributed by atoms with E-state index < -0.39 is 5.41 Å². The largest absolute Gasteiger partial charge is 0.496 e. The van der Waals surface area contributed by atoms with Gasteiger partial charge in [0.2, 0.25) is 0 Å². The third-order valence-corrected chi connectivity index (χ3v) is 3.73. The molecule has 114 valence electrons. The first-order valence-electron chi connectivity index (χ1n) is 7.17. The van der Waals surface area contributed by atoms with E-state index >= 15 is 0 Å². The number of carbonyl (C=O) groups is 1. The third-order valence-electron chi connectivity index (χ3n) is 3.73. The van der Waals surface area contributed by atoms with Gasteiger partial charge >= 0.3 is 0 Å². The molecule has 4 heteroatoms. The Labute approximate surface area is 131 Å². The molecule has 0 spiro atoms. The summed E-state index contributed by atoms with van der Waals surface area (Å²) in [5.74, 6) is 0.631. The lowest BCUT2D eigenvalue weighted by atomic mass is 9.77. The van der Waals surface area contributed by atoms with Crippen LogP contribution < -0.4 is 4.74 Å². The zero-order valence-corrected chi connectivity index (χ0v) is 13.0. The first-order chi connectivity index (χ1) is 10.6. The van der Waals surface area contributed by atoms with Gasteiger partial charge in [0.1, 0.15) is 5.75 Å². The quantitative estimate of drug-likeness (QED) is 0.682. The highest BCUT2D eigenvalue weighted by Crippen LogP contribution is 2.31. The molecule has 0 aliphatic heterocycles. The second-order valence-corrected chi connectivity index (χ2v) is 5.32. The first kappa shape index (κ1) is 17.5. The van der Waals surface area contributed by atoms with Crippen LogP contribution in [-0.4, -0.2) is 12.9 Å². The molecule has 0 aliphatic carbocycles. The van der Waals surface area contributed by atoms with Crippen LogP contribution in [0.5, 0.6) is 5.75 Å². The Morgan fingerprint density at radius 1 is 1.23 bits per heavy atom. The molecule has 1 rings (SSSR count). The van der Waals surface area contributed by atoms with Crippen LogP contribution >= 0.6 is 0 Å². The van der Waals surface area contributed by atoms with Crippen LogP contribution in [0.2, 0.25) is 0 Å². The summed E-state index contributed by atoms with van der Waals surface area (Å²) in [6, 6.07) is 11.6. The second kappa shape index (κ2) is 8.64. The van der Waals surface area contributed by atoms with Gasteiger partial charge in [0.15, 0.2) is 5.78 Å². The average Bonchev–Trinajstić information content (AvgIpc) is 2.56. The average molecular weight is 296 g/mol. The molecule has 0 atom stereocenters. The highest BCUT2D eigenvalue weighted by atomic mass is 16.5. The topological polar surface area (TPSA) is 73.9 Å². The van der Waals surface area contributed by atoms with Crippen molar-refractivity contribution in [2.24, 2.45) is 5.41 Å². The van der Waals surface area contributed by atoms with Crippen LogP contribution in [0.1, 0.15) is 38.2 Å². The molecule has 0 aromatic heterocycles. The first-order valence-corrected chi connectivity index (χ1v) is 7.17. The summed E-state index contributed by atoms with van der Waals surface area (Å²) in [5, 5.41) is 17.5. The number of hydrogen-bond donors (Lipinski definition) is 0. The smallest absolute Gasteiger partial charge is 0.161 e. The number of rotatable bonds is 8. The molecule has 0 fully saturated rings. The normalized spacial score (nSPS) is 10.9. The molecule has 22 heavy (non-hydrogen) atoms. The van der Waals surface area contributed by atoms with Gasteiger partial charge in [-0.25, -0.2) is 0 Å². The number of hydrogen-bond acceptors (Lipinski definition) is 4. The van der Waals surface area contributed by atoms with Gasteiger partial charge in [0, 0.05) is 23.8 Å². The molecule has 1 aromatic carbocycles. The lowest BCUT2D eigenvalue weighted by molar-refractivity contribution is -0.123. The number of nitriles is 2. The highest BCUT2D eigenvalue weighted by Gasteiger charge is 2.30. The molecule has 0 N–H and O–H groups in total. The van der Waals surface area contributed by atoms with Crippen molar-refractivity contribution in [3.05, 3.63) is 35.9 Å². The van der Waals surface area contributed by atoms with E-state index in [1.807, 2.05) is 31.2 Å². The lowest BCUT2D eigenvalue weighted by Gasteiger charge is -2.24. The predicted molar refractivity (Wildman–Crippen MR) is 84.8 cm³/mol. The van der Waals surface area contributed by atoms with Gasteiger partial charge in [0.05, 0.1) is 19.2 Å². The molecule has 0 bridgehead atoms. The van der Waals surface area contributed by atoms with E-state index in [0.717, 1.165) is 5.56 Å². The van der Waals surface area contributed by atoms with Crippen molar-refractivity contribution in [2.45, 2.75) is 32.6 Å². The molecular weight excluding hydrogens is 276 g/mol. The molecule has 0 saturated carbocycles. The van der Waals surface area contributed by atoms with Gasteiger partial charge in [-0.3, -0.25) is 4.79 Å². The summed E-state index contributed by atoms with van der Waals surface area (Å²) >= 11 is 0. The van der Waals surface area contributed by atoms with Gasteiger partial charge in [-0.05, 0) is 31.1 Å². The van der Waals surface area contributed by atoms with Gasteiger partial charge in [0.25, 0.3) is 0 Å². The number of para-hydroxylation sites is 1. The Hall–Kier alpha value is -2.59. The summed E-state index contributed by atoms with van der Waals surface area (Å²) < 4.78 is 5.24. The van der Waals surface area contributed by atoms with Gasteiger partial charge in [-0.2, -0.15) is 10.5 Å². The van der Waals surface area contributed by atoms with Crippen molar-refractivity contribution in [2.75, 3.05) is 7.11 Å². The molecule has 0 aliphatic rings. The van der Waals surface area contributed by atoms with E-state index in [1.54, 1.807) is 13.2 Å². The van der Waals surface area contributed by atoms with Crippen molar-refractivity contribution in [1.82, 2.24) is 0 Å². The summed E-state index contributed by atoms with van der Waals surface area (Å²) in [7, 11) is 1.58. The second-order valence-electron chi connectivity index (χ2n) is 5.32. The molecule has 0 unspecified atom stereocenters. The van der Waals surface area contributed by atoms with Crippen molar-refractivity contribution in [1.29, 1.82) is 10.5 Å². The minimum Gasteiger partial charge on any atom is -0.496 e. The zero-order chi connectivity index (χ0) is 16.4. The Bertz CT molecular complexity index is 603. The van der Waals surface area contributed by atoms with Crippen LogP contribution in [0, 0.1) is 28.1 Å². The SMILES string of the molecule is COc1ccccc1/C=C/C(=O)C(C)(CCC#N)CCC#N. The lowest BCUT2D eigenvalue weighted by Crippen LogP contribution is -2.26. The summed E-state index contributed by atoms with van der Waals surface area (Å²) in [4.78, 5) is 12.5. The molecule has 0 heterocycles. The van der Waals surface area contributed by atoms with E-state index in [-0.39, 0.29) is 5.78 Å². The maximum atomic E-state index is 12.5. The zero-order valence-electron chi connectivity index (χ0n) is 13.0. The summed E-state index contributed by atoms with van der Waals surface area (Å²) in [5.41, 5.74) is 0.144. The maximum Gasteiger partial charge on any atom is 0.161 e. The fourth-order valence-electron chi connectivity index (χ4n) is 2.21. The van der Waals surface area contributed by atoms with Gasteiger partial charge in [-0.1, -0.05) is 25.1 Å². The molecule has 0 saturated heterocycles. The third kappa shape index (κ3) is 4.75. The predicted octanol–water partition coefficient (Wildman–Crippen LogP) is 3.89. The molecule has 0 amide bonds. The van der Waals surface area contributed by atoms with Gasteiger partial charge in [-0.15, -0.1) is 0 Å². The van der Waals surface area contributed by atoms with E-state index in [4.69, 9.17) is 15.3 Å². The van der Waals surface area contributed by atoms with E-state index in [0.29, 0.717) is 31.4 Å². The Morgan fingerprint density at radius 2 is 1.82 bits per heavy atom. The van der Waals surface area contributed by atoms with Crippen LogP contribution in [0.25, 0.3) is 6.08 Å². The van der Waals surface area contributed by atoms with E-state index in [1.165, 1.54) is 6.08 Å². The molecule has 1 aromatic rings. The van der Waals surface area contributed by atoms with Crippen molar-refractivity contribution in [3.63, 3.8) is 0 Å². The number of nitrogens with zero attached hydrogens (tertiary/aromatic N) is 2. The minimum absolute atomic E-state index is 0.0658. The number of benzene rings is 1. The standard InChI is InChI=1S/C18H20N2O2/c1-18(11-5-13-19,12-6-14-20)17(21)10-9-15-7-3-4-8-16(15)22-2/h3-4,7-10H,5-6,11-12H2,1-2H3/b10-9+. The molecule has 0 radical (unpaired) electrons.